The third-order valence-corrected chi connectivity index (χ3v) is 7.92. The summed E-state index contributed by atoms with van der Waals surface area (Å²) in [6, 6.07) is 26.5. The molecule has 44 heavy (non-hydrogen) atoms. The van der Waals surface area contributed by atoms with Crippen molar-refractivity contribution in [2.45, 2.75) is 64.7 Å². The van der Waals surface area contributed by atoms with Crippen molar-refractivity contribution in [1.82, 2.24) is 16.0 Å². The van der Waals surface area contributed by atoms with Gasteiger partial charge < -0.3 is 25.3 Å². The van der Waals surface area contributed by atoms with Gasteiger partial charge in [-0.3, -0.25) is 14.4 Å². The minimum Gasteiger partial charge on any atom is -0.468 e. The van der Waals surface area contributed by atoms with E-state index in [1.807, 2.05) is 106 Å². The molecule has 0 radical (unpaired) electrons. The molecule has 0 aliphatic carbocycles. The van der Waals surface area contributed by atoms with E-state index in [4.69, 9.17) is 4.42 Å². The lowest BCUT2D eigenvalue weighted by molar-refractivity contribution is -0.128. The molecular formula is C36H40N4O4. The summed E-state index contributed by atoms with van der Waals surface area (Å²) in [6.07, 6.45) is 3.04. The molecule has 0 fully saturated rings. The number of fused-ring (bicyclic) bond motifs is 1. The molecule has 1 aromatic heterocycles. The number of anilines is 1. The second-order valence-corrected chi connectivity index (χ2v) is 11.8. The number of hydrogen-bond acceptors (Lipinski definition) is 5. The number of nitrogens with zero attached hydrogens (tertiary/aromatic N) is 1. The van der Waals surface area contributed by atoms with E-state index in [2.05, 4.69) is 16.0 Å². The Morgan fingerprint density at radius 1 is 0.955 bits per heavy atom. The van der Waals surface area contributed by atoms with Crippen LogP contribution in [0.5, 0.6) is 0 Å². The largest absolute Gasteiger partial charge is 0.468 e. The quantitative estimate of drug-likeness (QED) is 0.210. The topological polar surface area (TPSA) is 104 Å². The van der Waals surface area contributed by atoms with Crippen molar-refractivity contribution in [3.63, 3.8) is 0 Å². The first-order valence-corrected chi connectivity index (χ1v) is 15.2. The maximum atomic E-state index is 14.0. The van der Waals surface area contributed by atoms with Gasteiger partial charge in [-0.15, -0.1) is 0 Å². The van der Waals surface area contributed by atoms with E-state index in [0.717, 1.165) is 33.7 Å². The first-order valence-electron chi connectivity index (χ1n) is 15.2. The monoisotopic (exact) mass is 592 g/mol. The number of nitrogens with one attached hydrogen (secondary N) is 3. The fourth-order valence-corrected chi connectivity index (χ4v) is 5.62. The molecule has 2 heterocycles. The van der Waals surface area contributed by atoms with Gasteiger partial charge in [-0.25, -0.2) is 0 Å². The third-order valence-electron chi connectivity index (χ3n) is 7.92. The highest BCUT2D eigenvalue weighted by atomic mass is 16.3. The molecule has 8 heteroatoms. The van der Waals surface area contributed by atoms with Crippen LogP contribution in [-0.2, 0) is 29.1 Å². The molecule has 0 bridgehead atoms. The Morgan fingerprint density at radius 3 is 2.45 bits per heavy atom. The normalized spacial score (nSPS) is 14.9. The van der Waals surface area contributed by atoms with Crippen LogP contribution in [0.25, 0.3) is 11.1 Å². The number of carbonyl (C=O) groups is 3. The molecule has 1 aliphatic rings. The average Bonchev–Trinajstić information content (AvgIpc) is 3.51. The molecule has 0 saturated heterocycles. The maximum absolute atomic E-state index is 14.0. The van der Waals surface area contributed by atoms with Crippen molar-refractivity contribution in [2.75, 3.05) is 11.4 Å². The fourth-order valence-electron chi connectivity index (χ4n) is 5.62. The van der Waals surface area contributed by atoms with Gasteiger partial charge >= 0.3 is 0 Å². The SMILES string of the molecule is CCNC(=O)c1ccccc1-c1ccc(CN2C(=O)[C@H](NC(=O)CC(C)(C)NCc3ccco3)CCc3ccccc32)cc1. The zero-order valence-corrected chi connectivity index (χ0v) is 25.6. The van der Waals surface area contributed by atoms with E-state index >= 15 is 0 Å². The molecule has 3 amide bonds. The number of hydrogen-bond donors (Lipinski definition) is 3. The van der Waals surface area contributed by atoms with Gasteiger partial charge in [-0.1, -0.05) is 60.7 Å². The molecule has 8 nitrogen and oxygen atoms in total. The highest BCUT2D eigenvalue weighted by Crippen LogP contribution is 2.30. The van der Waals surface area contributed by atoms with E-state index in [1.165, 1.54) is 0 Å². The Hall–Kier alpha value is -4.69. The molecule has 0 unspecified atom stereocenters. The lowest BCUT2D eigenvalue weighted by atomic mass is 9.98. The molecule has 3 N–H and O–H groups in total. The van der Waals surface area contributed by atoms with Crippen LogP contribution in [0.15, 0.2) is 95.6 Å². The van der Waals surface area contributed by atoms with Crippen molar-refractivity contribution < 1.29 is 18.8 Å². The molecule has 5 rings (SSSR count). The lowest BCUT2D eigenvalue weighted by Crippen LogP contribution is -2.50. The van der Waals surface area contributed by atoms with Crippen LogP contribution in [0.4, 0.5) is 5.69 Å². The molecule has 228 valence electrons. The van der Waals surface area contributed by atoms with Crippen molar-refractivity contribution in [1.29, 1.82) is 0 Å². The van der Waals surface area contributed by atoms with Gasteiger partial charge in [0.2, 0.25) is 11.8 Å². The minimum absolute atomic E-state index is 0.108. The Bertz CT molecular complexity index is 1590. The zero-order chi connectivity index (χ0) is 31.1. The van der Waals surface area contributed by atoms with Crippen LogP contribution in [0, 0.1) is 0 Å². The minimum atomic E-state index is -0.640. The number of furan rings is 1. The second-order valence-electron chi connectivity index (χ2n) is 11.8. The predicted molar refractivity (Wildman–Crippen MR) is 172 cm³/mol. The third kappa shape index (κ3) is 7.44. The summed E-state index contributed by atoms with van der Waals surface area (Å²) in [5.41, 5.74) is 4.78. The number of carbonyl (C=O) groups excluding carboxylic acids is 3. The van der Waals surface area contributed by atoms with E-state index in [1.54, 1.807) is 11.2 Å². The van der Waals surface area contributed by atoms with E-state index < -0.39 is 11.6 Å². The number of para-hydroxylation sites is 1. The van der Waals surface area contributed by atoms with Crippen molar-refractivity contribution in [3.8, 4) is 11.1 Å². The fraction of sp³-hybridized carbons (Fsp3) is 0.306. The number of aryl methyl sites for hydroxylation is 1. The van der Waals surface area contributed by atoms with E-state index in [-0.39, 0.29) is 24.1 Å². The molecule has 1 aliphatic heterocycles. The Kier molecular flexibility index (Phi) is 9.60. The lowest BCUT2D eigenvalue weighted by Gasteiger charge is -2.29. The Morgan fingerprint density at radius 2 is 1.70 bits per heavy atom. The zero-order valence-electron chi connectivity index (χ0n) is 25.6. The second kappa shape index (κ2) is 13.7. The Labute approximate surface area is 258 Å². The molecule has 1 atom stereocenters. The van der Waals surface area contributed by atoms with Crippen LogP contribution < -0.4 is 20.9 Å². The van der Waals surface area contributed by atoms with Crippen LogP contribution in [0.2, 0.25) is 0 Å². The van der Waals surface area contributed by atoms with Gasteiger partial charge in [0.25, 0.3) is 5.91 Å². The summed E-state index contributed by atoms with van der Waals surface area (Å²) in [6.45, 7) is 7.25. The van der Waals surface area contributed by atoms with Gasteiger partial charge in [0.15, 0.2) is 0 Å². The summed E-state index contributed by atoms with van der Waals surface area (Å²) in [4.78, 5) is 41.6. The summed E-state index contributed by atoms with van der Waals surface area (Å²) in [5.74, 6) is 0.380. The van der Waals surface area contributed by atoms with Crippen molar-refractivity contribution >= 4 is 23.4 Å². The highest BCUT2D eigenvalue weighted by Gasteiger charge is 2.32. The van der Waals surface area contributed by atoms with Gasteiger partial charge in [-0.2, -0.15) is 0 Å². The molecular weight excluding hydrogens is 552 g/mol. The summed E-state index contributed by atoms with van der Waals surface area (Å²) in [7, 11) is 0. The average molecular weight is 593 g/mol. The summed E-state index contributed by atoms with van der Waals surface area (Å²) in [5, 5.41) is 9.28. The van der Waals surface area contributed by atoms with Gasteiger partial charge in [0, 0.05) is 29.8 Å². The van der Waals surface area contributed by atoms with Gasteiger partial charge in [0.1, 0.15) is 11.8 Å². The number of amides is 3. The standard InChI is InChI=1S/C36H40N4O4/c1-4-37-34(42)30-13-7-6-12-29(30)26-17-15-25(16-18-26)24-40-32-14-8-5-10-27(32)19-20-31(35(40)43)39-33(41)22-36(2,3)38-23-28-11-9-21-44-28/h5-18,21,31,38H,4,19-20,22-24H2,1-3H3,(H,37,42)(H,39,41)/t31-/m1/s1. The van der Waals surface area contributed by atoms with E-state index in [9.17, 15) is 14.4 Å². The molecule has 4 aromatic rings. The van der Waals surface area contributed by atoms with Crippen LogP contribution in [0.3, 0.4) is 0 Å². The van der Waals surface area contributed by atoms with Crippen molar-refractivity contribution in [3.05, 3.63) is 114 Å². The van der Waals surface area contributed by atoms with Crippen molar-refractivity contribution in [2.24, 2.45) is 0 Å². The summed E-state index contributed by atoms with van der Waals surface area (Å²) < 4.78 is 5.40. The van der Waals surface area contributed by atoms with Crippen LogP contribution in [-0.4, -0.2) is 35.8 Å². The van der Waals surface area contributed by atoms with E-state index in [0.29, 0.717) is 38.0 Å². The highest BCUT2D eigenvalue weighted by molar-refractivity contribution is 6.01. The number of benzene rings is 3. The molecule has 3 aromatic carbocycles. The smallest absolute Gasteiger partial charge is 0.251 e. The first-order chi connectivity index (χ1) is 21.2. The van der Waals surface area contributed by atoms with Gasteiger partial charge in [0.05, 0.1) is 19.4 Å². The summed E-state index contributed by atoms with van der Waals surface area (Å²) >= 11 is 0. The maximum Gasteiger partial charge on any atom is 0.251 e. The van der Waals surface area contributed by atoms with Crippen LogP contribution in [0.1, 0.15) is 60.9 Å². The molecule has 0 spiro atoms. The molecule has 0 saturated carbocycles. The Balaban J connectivity index is 1.31. The number of rotatable bonds is 11. The predicted octanol–water partition coefficient (Wildman–Crippen LogP) is 5.62. The van der Waals surface area contributed by atoms with Crippen LogP contribution >= 0.6 is 0 Å². The van der Waals surface area contributed by atoms with Gasteiger partial charge in [-0.05, 0) is 80.1 Å². The first kappa shape index (κ1) is 30.8.